The van der Waals surface area contributed by atoms with Crippen LogP contribution in [0.4, 0.5) is 9.39 Å². The maximum absolute atomic E-state index is 13.3. The Bertz CT molecular complexity index is 1000. The number of halogens is 1. The number of ether oxygens (including phenoxy) is 1. The minimum atomic E-state index is -0.522. The van der Waals surface area contributed by atoms with Crippen molar-refractivity contribution in [1.82, 2.24) is 4.90 Å². The van der Waals surface area contributed by atoms with Crippen LogP contribution in [0.1, 0.15) is 22.8 Å². The van der Waals surface area contributed by atoms with E-state index in [0.717, 1.165) is 5.56 Å². The first-order chi connectivity index (χ1) is 14.5. The predicted molar refractivity (Wildman–Crippen MR) is 117 cm³/mol. The first kappa shape index (κ1) is 21.7. The summed E-state index contributed by atoms with van der Waals surface area (Å²) >= 11 is 1.24. The number of benzene rings is 2. The minimum Gasteiger partial charge on any atom is -0.462 e. The molecule has 3 aromatic rings. The van der Waals surface area contributed by atoms with Crippen LogP contribution in [-0.2, 0) is 16.1 Å². The highest BCUT2D eigenvalue weighted by Crippen LogP contribution is 2.36. The quantitative estimate of drug-likeness (QED) is 0.526. The van der Waals surface area contributed by atoms with Crippen molar-refractivity contribution in [2.75, 3.05) is 25.5 Å². The van der Waals surface area contributed by atoms with E-state index < -0.39 is 5.97 Å². The fraction of sp³-hybridized carbons (Fsp3) is 0.217. The summed E-state index contributed by atoms with van der Waals surface area (Å²) < 4.78 is 18.5. The van der Waals surface area contributed by atoms with Gasteiger partial charge in [0.1, 0.15) is 16.4 Å². The highest BCUT2D eigenvalue weighted by atomic mass is 32.1. The van der Waals surface area contributed by atoms with E-state index in [9.17, 15) is 14.0 Å². The third-order valence-electron chi connectivity index (χ3n) is 4.39. The highest BCUT2D eigenvalue weighted by molar-refractivity contribution is 7.15. The average molecular weight is 427 g/mol. The second kappa shape index (κ2) is 10.1. The molecular weight excluding hydrogens is 403 g/mol. The van der Waals surface area contributed by atoms with Gasteiger partial charge >= 0.3 is 5.97 Å². The molecule has 5 nitrogen and oxygen atoms in total. The Morgan fingerprint density at radius 3 is 2.47 bits per heavy atom. The van der Waals surface area contributed by atoms with Gasteiger partial charge in [0.05, 0.1) is 13.2 Å². The Morgan fingerprint density at radius 2 is 1.80 bits per heavy atom. The van der Waals surface area contributed by atoms with Crippen molar-refractivity contribution in [3.8, 4) is 11.1 Å². The zero-order valence-electron chi connectivity index (χ0n) is 16.9. The maximum atomic E-state index is 13.3. The van der Waals surface area contributed by atoms with E-state index in [-0.39, 0.29) is 30.4 Å². The van der Waals surface area contributed by atoms with E-state index in [1.165, 1.54) is 23.5 Å². The van der Waals surface area contributed by atoms with Gasteiger partial charge in [-0.2, -0.15) is 0 Å². The standard InChI is InChI=1S/C23H23FN2O3S/c1-3-29-23(28)21-19(17-9-11-18(24)12-10-17)15-30-22(21)25-20(27)14-26(2)13-16-7-5-4-6-8-16/h4-12,15H,3,13-14H2,1-2H3,(H,25,27). The molecule has 0 radical (unpaired) electrons. The molecule has 0 fully saturated rings. The van der Waals surface area contributed by atoms with E-state index >= 15 is 0 Å². The SMILES string of the molecule is CCOC(=O)c1c(-c2ccc(F)cc2)csc1NC(=O)CN(C)Cc1ccccc1. The van der Waals surface area contributed by atoms with Gasteiger partial charge in [0.2, 0.25) is 5.91 Å². The molecule has 7 heteroatoms. The number of nitrogens with zero attached hydrogens (tertiary/aromatic N) is 1. The van der Waals surface area contributed by atoms with Gasteiger partial charge in [-0.05, 0) is 37.2 Å². The van der Waals surface area contributed by atoms with Crippen LogP contribution in [0.5, 0.6) is 0 Å². The smallest absolute Gasteiger partial charge is 0.341 e. The molecule has 2 aromatic carbocycles. The van der Waals surface area contributed by atoms with E-state index in [1.54, 1.807) is 24.4 Å². The van der Waals surface area contributed by atoms with Crippen molar-refractivity contribution in [1.29, 1.82) is 0 Å². The summed E-state index contributed by atoms with van der Waals surface area (Å²) in [5.74, 6) is -1.11. The van der Waals surface area contributed by atoms with E-state index in [2.05, 4.69) is 5.32 Å². The van der Waals surface area contributed by atoms with Gasteiger partial charge in [0, 0.05) is 17.5 Å². The van der Waals surface area contributed by atoms with Crippen molar-refractivity contribution in [3.63, 3.8) is 0 Å². The maximum Gasteiger partial charge on any atom is 0.341 e. The van der Waals surface area contributed by atoms with E-state index in [4.69, 9.17) is 4.74 Å². The van der Waals surface area contributed by atoms with Gasteiger partial charge in [0.15, 0.2) is 0 Å². The number of carbonyl (C=O) groups is 2. The summed E-state index contributed by atoms with van der Waals surface area (Å²) in [6, 6.07) is 15.7. The number of rotatable bonds is 8. The Balaban J connectivity index is 1.76. The minimum absolute atomic E-state index is 0.168. The van der Waals surface area contributed by atoms with Gasteiger partial charge in [-0.15, -0.1) is 11.3 Å². The Kier molecular flexibility index (Phi) is 7.32. The number of carbonyl (C=O) groups excluding carboxylic acids is 2. The predicted octanol–water partition coefficient (Wildman–Crippen LogP) is 4.80. The Hall–Kier alpha value is -3.03. The summed E-state index contributed by atoms with van der Waals surface area (Å²) in [6.45, 7) is 2.73. The first-order valence-electron chi connectivity index (χ1n) is 9.54. The van der Waals surface area contributed by atoms with Crippen LogP contribution < -0.4 is 5.32 Å². The third-order valence-corrected chi connectivity index (χ3v) is 5.28. The fourth-order valence-electron chi connectivity index (χ4n) is 3.06. The lowest BCUT2D eigenvalue weighted by atomic mass is 10.0. The van der Waals surface area contributed by atoms with Crippen LogP contribution in [0.15, 0.2) is 60.0 Å². The molecule has 0 aliphatic carbocycles. The monoisotopic (exact) mass is 426 g/mol. The van der Waals surface area contributed by atoms with Crippen LogP contribution >= 0.6 is 11.3 Å². The molecule has 0 unspecified atom stereocenters. The number of hydrogen-bond acceptors (Lipinski definition) is 5. The molecular formula is C23H23FN2O3S. The van der Waals surface area contributed by atoms with E-state index in [0.29, 0.717) is 22.7 Å². The lowest BCUT2D eigenvalue weighted by molar-refractivity contribution is -0.117. The zero-order valence-corrected chi connectivity index (χ0v) is 17.7. The van der Waals surface area contributed by atoms with Crippen molar-refractivity contribution in [3.05, 3.63) is 76.9 Å². The molecule has 1 amide bonds. The second-order valence-corrected chi connectivity index (χ2v) is 7.67. The lowest BCUT2D eigenvalue weighted by Crippen LogP contribution is -2.30. The summed E-state index contributed by atoms with van der Waals surface area (Å²) in [5.41, 5.74) is 2.67. The molecule has 1 N–H and O–H groups in total. The Morgan fingerprint density at radius 1 is 1.10 bits per heavy atom. The van der Waals surface area contributed by atoms with Crippen LogP contribution in [0.2, 0.25) is 0 Å². The number of esters is 1. The number of likely N-dealkylation sites (N-methyl/N-ethyl adjacent to an activating group) is 1. The summed E-state index contributed by atoms with van der Waals surface area (Å²) in [5, 5.41) is 5.02. The topological polar surface area (TPSA) is 58.6 Å². The van der Waals surface area contributed by atoms with Crippen LogP contribution in [0.3, 0.4) is 0 Å². The second-order valence-electron chi connectivity index (χ2n) is 6.79. The number of anilines is 1. The zero-order chi connectivity index (χ0) is 21.5. The average Bonchev–Trinajstić information content (AvgIpc) is 3.12. The summed E-state index contributed by atoms with van der Waals surface area (Å²) in [4.78, 5) is 27.1. The first-order valence-corrected chi connectivity index (χ1v) is 10.4. The molecule has 0 bridgehead atoms. The van der Waals surface area contributed by atoms with E-state index in [1.807, 2.05) is 42.3 Å². The summed E-state index contributed by atoms with van der Waals surface area (Å²) in [7, 11) is 1.86. The van der Waals surface area contributed by atoms with Crippen molar-refractivity contribution in [2.45, 2.75) is 13.5 Å². The molecule has 30 heavy (non-hydrogen) atoms. The molecule has 0 aliphatic rings. The van der Waals surface area contributed by atoms with Crippen LogP contribution in [0, 0.1) is 5.82 Å². The van der Waals surface area contributed by atoms with Gasteiger partial charge in [-0.1, -0.05) is 42.5 Å². The number of hydrogen-bond donors (Lipinski definition) is 1. The normalized spacial score (nSPS) is 10.8. The van der Waals surface area contributed by atoms with Gasteiger partial charge < -0.3 is 10.1 Å². The molecule has 0 aliphatic heterocycles. The molecule has 0 atom stereocenters. The van der Waals surface area contributed by atoms with Crippen molar-refractivity contribution < 1.29 is 18.7 Å². The molecule has 156 valence electrons. The Labute approximate surface area is 179 Å². The van der Waals surface area contributed by atoms with Gasteiger partial charge in [0.25, 0.3) is 0 Å². The molecule has 1 aromatic heterocycles. The lowest BCUT2D eigenvalue weighted by Gasteiger charge is -2.16. The molecule has 0 saturated carbocycles. The van der Waals surface area contributed by atoms with Crippen LogP contribution in [-0.4, -0.2) is 37.0 Å². The number of amides is 1. The van der Waals surface area contributed by atoms with Gasteiger partial charge in [-0.3, -0.25) is 9.69 Å². The van der Waals surface area contributed by atoms with Crippen molar-refractivity contribution in [2.24, 2.45) is 0 Å². The fourth-order valence-corrected chi connectivity index (χ4v) is 4.03. The molecule has 3 rings (SSSR count). The number of thiophene rings is 1. The van der Waals surface area contributed by atoms with Crippen LogP contribution in [0.25, 0.3) is 11.1 Å². The highest BCUT2D eigenvalue weighted by Gasteiger charge is 2.23. The summed E-state index contributed by atoms with van der Waals surface area (Å²) in [6.07, 6.45) is 0. The number of nitrogens with one attached hydrogen (secondary N) is 1. The third kappa shape index (κ3) is 5.52. The molecule has 0 spiro atoms. The molecule has 0 saturated heterocycles. The molecule has 1 heterocycles. The largest absolute Gasteiger partial charge is 0.462 e. The van der Waals surface area contributed by atoms with Gasteiger partial charge in [-0.25, -0.2) is 9.18 Å². The van der Waals surface area contributed by atoms with Crippen molar-refractivity contribution >= 4 is 28.2 Å².